The molecule has 31 heavy (non-hydrogen) atoms. The largest absolute Gasteiger partial charge is 0.458 e. The monoisotopic (exact) mass is 432 g/mol. The number of ether oxygens (including phenoxy) is 1. The van der Waals surface area contributed by atoms with Crippen molar-refractivity contribution in [2.24, 2.45) is 28.6 Å². The number of allylic oxidation sites excluding steroid dienone is 1. The molecule has 0 unspecified atom stereocenters. The van der Waals surface area contributed by atoms with E-state index in [9.17, 15) is 24.6 Å². The van der Waals surface area contributed by atoms with Crippen LogP contribution >= 0.6 is 0 Å². The van der Waals surface area contributed by atoms with Crippen molar-refractivity contribution < 1.29 is 29.3 Å². The quantitative estimate of drug-likeness (QED) is 0.648. The minimum absolute atomic E-state index is 0.0403. The van der Waals surface area contributed by atoms with Crippen LogP contribution in [0.25, 0.3) is 0 Å². The number of aliphatic hydroxyl groups excluding tert-OH is 1. The standard InChI is InChI=1S/C25H36O6/c1-4-5-21(29)31-14-20(28)25(30)11-9-18-17-7-6-15-12-16(26)8-10-23(15,2)22(17)19(27)13-24(18,25)3/h12,17-19,22,27,30H,4-11,13-14H2,1-3H3/t17-,18-,19+,22+,23-,24-,25-/m0/s1. The predicted molar refractivity (Wildman–Crippen MR) is 114 cm³/mol. The molecule has 4 aliphatic rings. The highest BCUT2D eigenvalue weighted by Gasteiger charge is 2.68. The summed E-state index contributed by atoms with van der Waals surface area (Å²) in [6, 6.07) is 0. The second-order valence-corrected chi connectivity index (χ2v) is 10.8. The Morgan fingerprint density at radius 2 is 1.94 bits per heavy atom. The number of ketones is 2. The number of rotatable bonds is 5. The van der Waals surface area contributed by atoms with Gasteiger partial charge in [-0.3, -0.25) is 14.4 Å². The van der Waals surface area contributed by atoms with E-state index >= 15 is 0 Å². The highest BCUT2D eigenvalue weighted by Crippen LogP contribution is 2.67. The van der Waals surface area contributed by atoms with Crippen LogP contribution in [0.4, 0.5) is 0 Å². The third-order valence-electron chi connectivity index (χ3n) is 9.33. The zero-order chi connectivity index (χ0) is 22.6. The summed E-state index contributed by atoms with van der Waals surface area (Å²) in [4.78, 5) is 36.8. The fourth-order valence-electron chi connectivity index (χ4n) is 7.69. The van der Waals surface area contributed by atoms with Crippen molar-refractivity contribution in [2.45, 2.75) is 90.3 Å². The molecule has 4 aliphatic carbocycles. The Kier molecular flexibility index (Phi) is 5.70. The van der Waals surface area contributed by atoms with Crippen LogP contribution in [0.5, 0.6) is 0 Å². The Labute approximate surface area is 184 Å². The van der Waals surface area contributed by atoms with Crippen molar-refractivity contribution in [1.82, 2.24) is 0 Å². The molecule has 0 saturated heterocycles. The summed E-state index contributed by atoms with van der Waals surface area (Å²) in [6.07, 6.45) is 6.46. The molecule has 2 N–H and O–H groups in total. The zero-order valence-electron chi connectivity index (χ0n) is 19.0. The molecule has 3 fully saturated rings. The number of hydrogen-bond acceptors (Lipinski definition) is 6. The number of Topliss-reactive ketones (excluding diaryl/α,β-unsaturated/α-hetero) is 1. The maximum absolute atomic E-state index is 13.1. The van der Waals surface area contributed by atoms with Gasteiger partial charge in [-0.25, -0.2) is 0 Å². The van der Waals surface area contributed by atoms with Gasteiger partial charge in [0.2, 0.25) is 5.78 Å². The van der Waals surface area contributed by atoms with Gasteiger partial charge in [-0.1, -0.05) is 26.3 Å². The highest BCUT2D eigenvalue weighted by molar-refractivity contribution is 5.92. The lowest BCUT2D eigenvalue weighted by molar-refractivity contribution is -0.184. The summed E-state index contributed by atoms with van der Waals surface area (Å²) >= 11 is 0. The minimum atomic E-state index is -1.59. The third-order valence-corrected chi connectivity index (χ3v) is 9.33. The number of fused-ring (bicyclic) bond motifs is 5. The van der Waals surface area contributed by atoms with E-state index in [2.05, 4.69) is 6.92 Å². The van der Waals surface area contributed by atoms with Gasteiger partial charge >= 0.3 is 5.97 Å². The SMILES string of the molecule is CCCC(=O)OCC(=O)[C@@]1(O)CC[C@H]2[C@@H]3CCC4=CC(=O)CC[C@]4(C)[C@H]3[C@H](O)C[C@@]21C. The molecule has 0 aromatic carbocycles. The van der Waals surface area contributed by atoms with E-state index in [1.165, 1.54) is 5.57 Å². The van der Waals surface area contributed by atoms with Crippen LogP contribution < -0.4 is 0 Å². The fraction of sp³-hybridized carbons (Fsp3) is 0.800. The van der Waals surface area contributed by atoms with Gasteiger partial charge in [-0.15, -0.1) is 0 Å². The van der Waals surface area contributed by atoms with Gasteiger partial charge in [0.25, 0.3) is 0 Å². The second kappa shape index (κ2) is 7.80. The van der Waals surface area contributed by atoms with Crippen LogP contribution in [0.15, 0.2) is 11.6 Å². The lowest BCUT2D eigenvalue weighted by Crippen LogP contribution is -2.62. The summed E-state index contributed by atoms with van der Waals surface area (Å²) in [5.74, 6) is -0.323. The lowest BCUT2D eigenvalue weighted by atomic mass is 9.45. The molecule has 0 heterocycles. The van der Waals surface area contributed by atoms with Crippen molar-refractivity contribution in [2.75, 3.05) is 6.61 Å². The lowest BCUT2D eigenvalue weighted by Gasteiger charge is -2.60. The molecular weight excluding hydrogens is 396 g/mol. The Morgan fingerprint density at radius 3 is 2.65 bits per heavy atom. The first kappa shape index (κ1) is 22.7. The first-order valence-corrected chi connectivity index (χ1v) is 11.9. The van der Waals surface area contributed by atoms with E-state index in [0.717, 1.165) is 25.7 Å². The van der Waals surface area contributed by atoms with Crippen molar-refractivity contribution in [3.63, 3.8) is 0 Å². The van der Waals surface area contributed by atoms with Gasteiger partial charge in [0, 0.05) is 18.3 Å². The van der Waals surface area contributed by atoms with Crippen LogP contribution in [0.1, 0.15) is 78.6 Å². The van der Waals surface area contributed by atoms with Crippen molar-refractivity contribution in [3.05, 3.63) is 11.6 Å². The molecule has 6 nitrogen and oxygen atoms in total. The van der Waals surface area contributed by atoms with Crippen LogP contribution in [-0.4, -0.2) is 46.1 Å². The van der Waals surface area contributed by atoms with E-state index in [1.54, 1.807) is 6.08 Å². The molecule has 4 rings (SSSR count). The Bertz CT molecular complexity index is 817. The van der Waals surface area contributed by atoms with Gasteiger partial charge < -0.3 is 14.9 Å². The van der Waals surface area contributed by atoms with Crippen LogP contribution in [0.2, 0.25) is 0 Å². The summed E-state index contributed by atoms with van der Waals surface area (Å²) in [5, 5.41) is 23.0. The maximum atomic E-state index is 13.1. The average Bonchev–Trinajstić information content (AvgIpc) is 2.98. The first-order chi connectivity index (χ1) is 14.6. The first-order valence-electron chi connectivity index (χ1n) is 11.9. The predicted octanol–water partition coefficient (Wildman–Crippen LogP) is 3.13. The fourth-order valence-corrected chi connectivity index (χ4v) is 7.69. The van der Waals surface area contributed by atoms with Gasteiger partial charge in [0.15, 0.2) is 12.4 Å². The summed E-state index contributed by atoms with van der Waals surface area (Å²) in [6.45, 7) is 5.59. The molecule has 6 heteroatoms. The van der Waals surface area contributed by atoms with E-state index in [0.29, 0.717) is 25.7 Å². The van der Waals surface area contributed by atoms with Crippen LogP contribution in [0, 0.1) is 28.6 Å². The molecule has 7 atom stereocenters. The molecule has 0 radical (unpaired) electrons. The summed E-state index contributed by atoms with van der Waals surface area (Å²) in [5.41, 5.74) is -1.36. The molecular formula is C25H36O6. The number of carbonyl (C=O) groups is 3. The van der Waals surface area contributed by atoms with Crippen molar-refractivity contribution >= 4 is 17.5 Å². The smallest absolute Gasteiger partial charge is 0.306 e. The Morgan fingerprint density at radius 1 is 1.19 bits per heavy atom. The second-order valence-electron chi connectivity index (χ2n) is 10.8. The number of carbonyl (C=O) groups excluding carboxylic acids is 3. The van der Waals surface area contributed by atoms with Crippen molar-refractivity contribution in [3.8, 4) is 0 Å². The summed E-state index contributed by atoms with van der Waals surface area (Å²) < 4.78 is 5.13. The van der Waals surface area contributed by atoms with E-state index in [4.69, 9.17) is 4.74 Å². The number of aliphatic hydroxyl groups is 2. The van der Waals surface area contributed by atoms with E-state index in [1.807, 2.05) is 13.8 Å². The molecule has 3 saturated carbocycles. The van der Waals surface area contributed by atoms with E-state index < -0.39 is 35.5 Å². The molecule has 0 bridgehead atoms. The number of esters is 1. The van der Waals surface area contributed by atoms with Gasteiger partial charge in [-0.2, -0.15) is 0 Å². The van der Waals surface area contributed by atoms with Crippen LogP contribution in [-0.2, 0) is 19.1 Å². The topological polar surface area (TPSA) is 101 Å². The van der Waals surface area contributed by atoms with Crippen molar-refractivity contribution in [1.29, 1.82) is 0 Å². The molecule has 172 valence electrons. The minimum Gasteiger partial charge on any atom is -0.458 e. The van der Waals surface area contributed by atoms with Gasteiger partial charge in [0.05, 0.1) is 6.10 Å². The molecule has 0 aliphatic heterocycles. The normalized spacial score (nSPS) is 44.0. The zero-order valence-corrected chi connectivity index (χ0v) is 19.0. The van der Waals surface area contributed by atoms with Gasteiger partial charge in [-0.05, 0) is 74.2 Å². The van der Waals surface area contributed by atoms with E-state index in [-0.39, 0.29) is 35.4 Å². The van der Waals surface area contributed by atoms with Gasteiger partial charge in [0.1, 0.15) is 5.60 Å². The average molecular weight is 433 g/mol. The van der Waals surface area contributed by atoms with Crippen LogP contribution in [0.3, 0.4) is 0 Å². The Hall–Kier alpha value is -1.53. The highest BCUT2D eigenvalue weighted by atomic mass is 16.5. The maximum Gasteiger partial charge on any atom is 0.306 e. The molecule has 0 amide bonds. The molecule has 0 aromatic heterocycles. The third kappa shape index (κ3) is 3.32. The number of hydrogen-bond donors (Lipinski definition) is 2. The Balaban J connectivity index is 1.59. The molecule has 0 spiro atoms. The summed E-state index contributed by atoms with van der Waals surface area (Å²) in [7, 11) is 0. The molecule has 0 aromatic rings.